The topological polar surface area (TPSA) is 72.5 Å². The average molecular weight is 267 g/mol. The van der Waals surface area contributed by atoms with Crippen molar-refractivity contribution in [1.82, 2.24) is 5.32 Å². The summed E-state index contributed by atoms with van der Waals surface area (Å²) in [5.74, 6) is -1.66. The van der Waals surface area contributed by atoms with Crippen molar-refractivity contribution < 1.29 is 23.5 Å². The molecule has 0 aliphatic heterocycles. The Labute approximate surface area is 109 Å². The number of methoxy groups -OCH3 is 1. The Kier molecular flexibility index (Phi) is 5.66. The van der Waals surface area contributed by atoms with Crippen LogP contribution in [0, 0.1) is 5.82 Å². The highest BCUT2D eigenvalue weighted by molar-refractivity contribution is 5.97. The predicted molar refractivity (Wildman–Crippen MR) is 65.0 cm³/mol. The van der Waals surface area contributed by atoms with Crippen molar-refractivity contribution in [3.8, 4) is 0 Å². The van der Waals surface area contributed by atoms with Gasteiger partial charge in [-0.15, -0.1) is 0 Å². The van der Waals surface area contributed by atoms with Crippen LogP contribution in [-0.2, 0) is 14.3 Å². The molecule has 1 N–H and O–H groups in total. The molecule has 1 rings (SSSR count). The fourth-order valence-electron chi connectivity index (χ4n) is 1.31. The Bertz CT molecular complexity index is 470. The van der Waals surface area contributed by atoms with Gasteiger partial charge in [0.2, 0.25) is 0 Å². The van der Waals surface area contributed by atoms with Gasteiger partial charge in [0.05, 0.1) is 20.1 Å². The van der Waals surface area contributed by atoms with Crippen molar-refractivity contribution in [1.29, 1.82) is 0 Å². The molecule has 0 heterocycles. The van der Waals surface area contributed by atoms with E-state index in [9.17, 15) is 18.8 Å². The normalized spacial score (nSPS) is 9.79. The maximum atomic E-state index is 12.6. The lowest BCUT2D eigenvalue weighted by molar-refractivity contribution is -0.141. The molecule has 0 aliphatic carbocycles. The molecule has 0 saturated heterocycles. The minimum atomic E-state index is -0.474. The molecule has 102 valence electrons. The highest BCUT2D eigenvalue weighted by Gasteiger charge is 2.10. The fourth-order valence-corrected chi connectivity index (χ4v) is 1.31. The number of halogens is 1. The van der Waals surface area contributed by atoms with Gasteiger partial charge in [-0.1, -0.05) is 0 Å². The van der Waals surface area contributed by atoms with Crippen LogP contribution in [0.4, 0.5) is 4.39 Å². The molecule has 0 aromatic heterocycles. The van der Waals surface area contributed by atoms with E-state index in [0.29, 0.717) is 0 Å². The summed E-state index contributed by atoms with van der Waals surface area (Å²) in [6.07, 6.45) is -0.00186. The van der Waals surface area contributed by atoms with Crippen LogP contribution in [0.15, 0.2) is 24.3 Å². The first-order valence-electron chi connectivity index (χ1n) is 5.65. The number of ketones is 1. The van der Waals surface area contributed by atoms with Crippen molar-refractivity contribution >= 4 is 17.7 Å². The van der Waals surface area contributed by atoms with Gasteiger partial charge in [-0.05, 0) is 24.3 Å². The molecular formula is C13H14FNO4. The van der Waals surface area contributed by atoms with Crippen molar-refractivity contribution in [3.05, 3.63) is 35.6 Å². The van der Waals surface area contributed by atoms with Crippen molar-refractivity contribution in [2.24, 2.45) is 0 Å². The van der Waals surface area contributed by atoms with E-state index in [4.69, 9.17) is 0 Å². The van der Waals surface area contributed by atoms with Gasteiger partial charge in [-0.2, -0.15) is 0 Å². The fraction of sp³-hybridized carbons (Fsp3) is 0.308. The summed E-state index contributed by atoms with van der Waals surface area (Å²) in [5.41, 5.74) is 0.266. The average Bonchev–Trinajstić information content (AvgIpc) is 2.42. The molecule has 1 amide bonds. The van der Waals surface area contributed by atoms with Gasteiger partial charge in [-0.25, -0.2) is 4.39 Å². The molecule has 6 heteroatoms. The van der Waals surface area contributed by atoms with Crippen molar-refractivity contribution in [3.63, 3.8) is 0 Å². The van der Waals surface area contributed by atoms with Gasteiger partial charge >= 0.3 is 5.97 Å². The van der Waals surface area contributed by atoms with E-state index in [1.54, 1.807) is 0 Å². The summed E-state index contributed by atoms with van der Waals surface area (Å²) >= 11 is 0. The summed E-state index contributed by atoms with van der Waals surface area (Å²) in [5, 5.41) is 2.40. The molecule has 0 radical (unpaired) electrons. The van der Waals surface area contributed by atoms with E-state index in [2.05, 4.69) is 10.1 Å². The number of Topliss-reactive ketones (excluding diaryl/α,β-unsaturated/α-hetero) is 1. The van der Waals surface area contributed by atoms with Crippen molar-refractivity contribution in [2.75, 3.05) is 13.7 Å². The molecule has 0 saturated carbocycles. The molecule has 0 unspecified atom stereocenters. The number of ether oxygens (including phenoxy) is 1. The smallest absolute Gasteiger partial charge is 0.305 e. The summed E-state index contributed by atoms with van der Waals surface area (Å²) in [6, 6.07) is 4.97. The second-order valence-corrected chi connectivity index (χ2v) is 3.80. The molecule has 0 aliphatic rings. The van der Waals surface area contributed by atoms with E-state index >= 15 is 0 Å². The first-order valence-corrected chi connectivity index (χ1v) is 5.65. The summed E-state index contributed by atoms with van der Waals surface area (Å²) in [6.45, 7) is -0.173. The van der Waals surface area contributed by atoms with Gasteiger partial charge in [0.1, 0.15) is 5.82 Å². The van der Waals surface area contributed by atoms with Gasteiger partial charge in [0, 0.05) is 12.0 Å². The number of carbonyl (C=O) groups is 3. The second kappa shape index (κ2) is 7.25. The molecule has 0 spiro atoms. The zero-order chi connectivity index (χ0) is 14.3. The van der Waals surface area contributed by atoms with Gasteiger partial charge in [-0.3, -0.25) is 14.4 Å². The predicted octanol–water partition coefficient (Wildman–Crippen LogP) is 1.08. The third-order valence-electron chi connectivity index (χ3n) is 2.39. The van der Waals surface area contributed by atoms with Gasteiger partial charge in [0.25, 0.3) is 5.91 Å². The number of hydrogen-bond donors (Lipinski definition) is 1. The Morgan fingerprint density at radius 1 is 1.16 bits per heavy atom. The van der Waals surface area contributed by atoms with Gasteiger partial charge in [0.15, 0.2) is 5.78 Å². The zero-order valence-corrected chi connectivity index (χ0v) is 10.4. The molecule has 1 aromatic carbocycles. The molecule has 0 atom stereocenters. The van der Waals surface area contributed by atoms with E-state index in [1.807, 2.05) is 0 Å². The van der Waals surface area contributed by atoms with Crippen LogP contribution in [0.25, 0.3) is 0 Å². The van der Waals surface area contributed by atoms with Gasteiger partial charge < -0.3 is 10.1 Å². The molecule has 1 aromatic rings. The number of hydrogen-bond acceptors (Lipinski definition) is 4. The highest BCUT2D eigenvalue weighted by Crippen LogP contribution is 2.02. The summed E-state index contributed by atoms with van der Waals surface area (Å²) in [7, 11) is 1.24. The molecule has 0 fully saturated rings. The van der Waals surface area contributed by atoms with E-state index in [0.717, 1.165) is 12.1 Å². The Balaban J connectivity index is 2.36. The second-order valence-electron chi connectivity index (χ2n) is 3.80. The number of amides is 1. The van der Waals surface area contributed by atoms with Crippen LogP contribution in [0.1, 0.15) is 23.2 Å². The number of rotatable bonds is 6. The highest BCUT2D eigenvalue weighted by atomic mass is 19.1. The maximum absolute atomic E-state index is 12.6. The van der Waals surface area contributed by atoms with Crippen LogP contribution in [0.5, 0.6) is 0 Å². The van der Waals surface area contributed by atoms with Crippen LogP contribution < -0.4 is 5.32 Å². The number of esters is 1. The first kappa shape index (κ1) is 14.8. The molecule has 19 heavy (non-hydrogen) atoms. The molecule has 5 nitrogen and oxygen atoms in total. The third kappa shape index (κ3) is 5.29. The SMILES string of the molecule is COC(=O)CCC(=O)CNC(=O)c1ccc(F)cc1. The Morgan fingerprint density at radius 3 is 2.37 bits per heavy atom. The monoisotopic (exact) mass is 267 g/mol. The Hall–Kier alpha value is -2.24. The van der Waals surface area contributed by atoms with Crippen molar-refractivity contribution in [2.45, 2.75) is 12.8 Å². The standard InChI is InChI=1S/C13H14FNO4/c1-19-12(17)7-6-11(16)8-15-13(18)9-2-4-10(14)5-3-9/h2-5H,6-8H2,1H3,(H,15,18). The number of benzene rings is 1. The van der Waals surface area contributed by atoms with E-state index in [1.165, 1.54) is 19.2 Å². The van der Waals surface area contributed by atoms with Crippen LogP contribution in [-0.4, -0.2) is 31.3 Å². The number of carbonyl (C=O) groups excluding carboxylic acids is 3. The minimum Gasteiger partial charge on any atom is -0.469 e. The molecule has 0 bridgehead atoms. The van der Waals surface area contributed by atoms with Crippen LogP contribution in [0.2, 0.25) is 0 Å². The number of nitrogens with one attached hydrogen (secondary N) is 1. The maximum Gasteiger partial charge on any atom is 0.305 e. The zero-order valence-electron chi connectivity index (χ0n) is 10.4. The quantitative estimate of drug-likeness (QED) is 0.783. The minimum absolute atomic E-state index is 0.0103. The van der Waals surface area contributed by atoms with E-state index < -0.39 is 17.7 Å². The largest absolute Gasteiger partial charge is 0.469 e. The first-order chi connectivity index (χ1) is 9.02. The van der Waals surface area contributed by atoms with Crippen LogP contribution >= 0.6 is 0 Å². The van der Waals surface area contributed by atoms with Crippen LogP contribution in [0.3, 0.4) is 0 Å². The molecular weight excluding hydrogens is 253 g/mol. The Morgan fingerprint density at radius 2 is 1.79 bits per heavy atom. The third-order valence-corrected chi connectivity index (χ3v) is 2.39. The lowest BCUT2D eigenvalue weighted by Crippen LogP contribution is -2.29. The summed E-state index contributed by atoms with van der Waals surface area (Å²) in [4.78, 5) is 33.8. The lowest BCUT2D eigenvalue weighted by Gasteiger charge is -2.04. The lowest BCUT2D eigenvalue weighted by atomic mass is 10.2. The summed E-state index contributed by atoms with van der Waals surface area (Å²) < 4.78 is 17.0. The van der Waals surface area contributed by atoms with E-state index in [-0.39, 0.29) is 30.7 Å².